The number of nitro benzene ring substituents is 1. The van der Waals surface area contributed by atoms with Gasteiger partial charge in [-0.25, -0.2) is 0 Å². The van der Waals surface area contributed by atoms with Gasteiger partial charge in [0.25, 0.3) is 11.6 Å². The van der Waals surface area contributed by atoms with Crippen LogP contribution in [0.4, 0.5) is 11.4 Å². The van der Waals surface area contributed by atoms with E-state index in [2.05, 4.69) is 5.32 Å². The summed E-state index contributed by atoms with van der Waals surface area (Å²) in [6.07, 6.45) is 1.31. The maximum absolute atomic E-state index is 12.6. The average Bonchev–Trinajstić information content (AvgIpc) is 2.83. The van der Waals surface area contributed by atoms with Crippen LogP contribution in [0.5, 0.6) is 11.5 Å². The number of amides is 1. The number of nitrogens with one attached hydrogen (secondary N) is 1. The number of nitro groups is 1. The maximum atomic E-state index is 12.6. The van der Waals surface area contributed by atoms with Crippen LogP contribution < -0.4 is 14.8 Å². The first-order valence-electron chi connectivity index (χ1n) is 9.84. The van der Waals surface area contributed by atoms with Gasteiger partial charge in [0.2, 0.25) is 0 Å². The number of ether oxygens (including phenoxy) is 2. The number of carbonyl (C=O) groups is 1. The molecule has 0 aliphatic carbocycles. The lowest BCUT2D eigenvalue weighted by molar-refractivity contribution is -0.384. The summed E-state index contributed by atoms with van der Waals surface area (Å²) in [4.78, 5) is 22.9. The molecule has 35 heavy (non-hydrogen) atoms. The second-order valence-electron chi connectivity index (χ2n) is 6.96. The fourth-order valence-corrected chi connectivity index (χ4v) is 3.64. The number of non-ortho nitro benzene ring substituents is 1. The number of benzene rings is 3. The Morgan fingerprint density at radius 2 is 1.86 bits per heavy atom. The van der Waals surface area contributed by atoms with Crippen LogP contribution in [0, 0.1) is 21.4 Å². The van der Waals surface area contributed by atoms with E-state index in [-0.39, 0.29) is 45.1 Å². The van der Waals surface area contributed by atoms with Crippen LogP contribution in [-0.2, 0) is 11.4 Å². The summed E-state index contributed by atoms with van der Waals surface area (Å²) in [7, 11) is 1.43. The van der Waals surface area contributed by atoms with Gasteiger partial charge in [-0.15, -0.1) is 0 Å². The molecule has 0 aliphatic rings. The molecule has 1 amide bonds. The highest BCUT2D eigenvalue weighted by molar-refractivity contribution is 6.34. The van der Waals surface area contributed by atoms with Crippen LogP contribution >= 0.6 is 34.8 Å². The van der Waals surface area contributed by atoms with Crippen LogP contribution in [0.2, 0.25) is 15.1 Å². The van der Waals surface area contributed by atoms with E-state index in [1.807, 2.05) is 18.2 Å². The first-order valence-corrected chi connectivity index (χ1v) is 11.0. The van der Waals surface area contributed by atoms with E-state index < -0.39 is 10.8 Å². The Balaban J connectivity index is 1.83. The minimum absolute atomic E-state index is 0.0467. The van der Waals surface area contributed by atoms with E-state index in [1.165, 1.54) is 31.4 Å². The molecule has 0 spiro atoms. The van der Waals surface area contributed by atoms with Crippen LogP contribution in [0.15, 0.2) is 60.2 Å². The molecule has 0 bridgehead atoms. The predicted octanol–water partition coefficient (Wildman–Crippen LogP) is 6.69. The number of carbonyl (C=O) groups excluding carboxylic acids is 1. The van der Waals surface area contributed by atoms with Gasteiger partial charge in [-0.05, 0) is 35.9 Å². The number of anilines is 1. The smallest absolute Gasteiger partial charge is 0.271 e. The van der Waals surface area contributed by atoms with Crippen LogP contribution in [0.3, 0.4) is 0 Å². The highest BCUT2D eigenvalue weighted by Gasteiger charge is 2.17. The standard InChI is InChI=1S/C24H16Cl3N3O5/c1-34-22-10-14(9-20(27)23(22)35-13-15-4-2-3-5-18(15)25)8-16(12-28)24(31)29-21-7-6-17(30(32)33)11-19(21)26/h2-11H,13H2,1H3,(H,29,31). The molecule has 3 aromatic rings. The first kappa shape index (κ1) is 25.8. The molecule has 3 rings (SSSR count). The van der Waals surface area contributed by atoms with Crippen molar-refractivity contribution in [3.63, 3.8) is 0 Å². The van der Waals surface area contributed by atoms with Crippen LogP contribution in [0.25, 0.3) is 6.08 Å². The SMILES string of the molecule is COc1cc(C=C(C#N)C(=O)Nc2ccc([N+](=O)[O-])cc2Cl)cc(Cl)c1OCc1ccccc1Cl. The molecule has 8 nitrogen and oxygen atoms in total. The third-order valence-corrected chi connectivity index (χ3v) is 5.63. The van der Waals surface area contributed by atoms with Gasteiger partial charge in [0.15, 0.2) is 11.5 Å². The van der Waals surface area contributed by atoms with E-state index >= 15 is 0 Å². The Bertz CT molecular complexity index is 1370. The van der Waals surface area contributed by atoms with Gasteiger partial charge >= 0.3 is 0 Å². The van der Waals surface area contributed by atoms with Crippen molar-refractivity contribution in [1.82, 2.24) is 0 Å². The van der Waals surface area contributed by atoms with Crippen molar-refractivity contribution in [2.75, 3.05) is 12.4 Å². The zero-order valence-electron chi connectivity index (χ0n) is 18.1. The molecule has 0 aliphatic heterocycles. The van der Waals surface area contributed by atoms with Crippen LogP contribution in [0.1, 0.15) is 11.1 Å². The van der Waals surface area contributed by atoms with E-state index in [0.717, 1.165) is 11.6 Å². The Labute approximate surface area is 215 Å². The summed E-state index contributed by atoms with van der Waals surface area (Å²) in [6.45, 7) is 0.146. The largest absolute Gasteiger partial charge is 0.493 e. The van der Waals surface area contributed by atoms with E-state index in [0.29, 0.717) is 10.6 Å². The van der Waals surface area contributed by atoms with Crippen molar-refractivity contribution in [3.8, 4) is 17.6 Å². The molecule has 3 aromatic carbocycles. The lowest BCUT2D eigenvalue weighted by Gasteiger charge is -2.14. The highest BCUT2D eigenvalue weighted by Crippen LogP contribution is 2.38. The summed E-state index contributed by atoms with van der Waals surface area (Å²) in [5.74, 6) is -0.212. The molecule has 0 radical (unpaired) electrons. The van der Waals surface area contributed by atoms with Gasteiger partial charge in [-0.3, -0.25) is 14.9 Å². The Morgan fingerprint density at radius 1 is 1.11 bits per heavy atom. The molecule has 0 fully saturated rings. The fraction of sp³-hybridized carbons (Fsp3) is 0.0833. The lowest BCUT2D eigenvalue weighted by atomic mass is 10.1. The molecule has 0 saturated carbocycles. The van der Waals surface area contributed by atoms with E-state index in [9.17, 15) is 20.2 Å². The second-order valence-corrected chi connectivity index (χ2v) is 8.18. The number of rotatable bonds is 8. The molecule has 1 N–H and O–H groups in total. The zero-order chi connectivity index (χ0) is 25.5. The molecule has 0 heterocycles. The van der Waals surface area contributed by atoms with Gasteiger partial charge in [-0.1, -0.05) is 53.0 Å². The van der Waals surface area contributed by atoms with Crippen LogP contribution in [-0.4, -0.2) is 17.9 Å². The number of hydrogen-bond acceptors (Lipinski definition) is 6. The number of halogens is 3. The number of nitriles is 1. The zero-order valence-corrected chi connectivity index (χ0v) is 20.3. The molecule has 0 atom stereocenters. The van der Waals surface area contributed by atoms with Crippen molar-refractivity contribution in [1.29, 1.82) is 5.26 Å². The first-order chi connectivity index (χ1) is 16.7. The van der Waals surface area contributed by atoms with Gasteiger partial charge < -0.3 is 14.8 Å². The normalized spacial score (nSPS) is 10.9. The van der Waals surface area contributed by atoms with Gasteiger partial charge in [-0.2, -0.15) is 5.26 Å². The molecule has 11 heteroatoms. The van der Waals surface area contributed by atoms with E-state index in [1.54, 1.807) is 18.2 Å². The Kier molecular flexibility index (Phi) is 8.55. The van der Waals surface area contributed by atoms with Gasteiger partial charge in [0, 0.05) is 22.7 Å². The topological polar surface area (TPSA) is 114 Å². The third kappa shape index (κ3) is 6.43. The van der Waals surface area contributed by atoms with Crippen molar-refractivity contribution in [2.24, 2.45) is 0 Å². The monoisotopic (exact) mass is 531 g/mol. The second kappa shape index (κ2) is 11.6. The lowest BCUT2D eigenvalue weighted by Crippen LogP contribution is -2.13. The molecular formula is C24H16Cl3N3O5. The number of hydrogen-bond donors (Lipinski definition) is 1. The summed E-state index contributed by atoms with van der Waals surface area (Å²) < 4.78 is 11.2. The minimum atomic E-state index is -0.766. The summed E-state index contributed by atoms with van der Waals surface area (Å²) in [6, 6.07) is 15.6. The van der Waals surface area contributed by atoms with Crippen molar-refractivity contribution >= 4 is 58.2 Å². The van der Waals surface area contributed by atoms with Crippen molar-refractivity contribution in [2.45, 2.75) is 6.61 Å². The fourth-order valence-electron chi connectivity index (χ4n) is 2.95. The third-order valence-electron chi connectivity index (χ3n) is 4.67. The Morgan fingerprint density at radius 3 is 2.49 bits per heavy atom. The van der Waals surface area contributed by atoms with Crippen molar-refractivity contribution in [3.05, 3.63) is 96.5 Å². The summed E-state index contributed by atoms with van der Waals surface area (Å²) in [5, 5.41) is 23.5. The highest BCUT2D eigenvalue weighted by atomic mass is 35.5. The number of nitrogens with zero attached hydrogens (tertiary/aromatic N) is 2. The maximum Gasteiger partial charge on any atom is 0.271 e. The molecular weight excluding hydrogens is 517 g/mol. The van der Waals surface area contributed by atoms with Crippen molar-refractivity contribution < 1.29 is 19.2 Å². The molecule has 0 saturated heterocycles. The molecule has 0 unspecified atom stereocenters. The minimum Gasteiger partial charge on any atom is -0.493 e. The quantitative estimate of drug-likeness (QED) is 0.150. The summed E-state index contributed by atoms with van der Waals surface area (Å²) >= 11 is 18.6. The number of methoxy groups -OCH3 is 1. The average molecular weight is 533 g/mol. The predicted molar refractivity (Wildman–Crippen MR) is 134 cm³/mol. The van der Waals surface area contributed by atoms with E-state index in [4.69, 9.17) is 44.3 Å². The van der Waals surface area contributed by atoms with Gasteiger partial charge in [0.1, 0.15) is 18.2 Å². The molecule has 178 valence electrons. The molecule has 0 aromatic heterocycles. The van der Waals surface area contributed by atoms with Gasteiger partial charge in [0.05, 0.1) is 27.8 Å². The Hall–Kier alpha value is -3.77. The summed E-state index contributed by atoms with van der Waals surface area (Å²) in [5.41, 5.74) is 0.773.